The van der Waals surface area contributed by atoms with Gasteiger partial charge in [0.05, 0.1) is 0 Å². The number of aromatic nitrogens is 2. The monoisotopic (exact) mass is 239 g/mol. The zero-order chi connectivity index (χ0) is 12.9. The second kappa shape index (κ2) is 5.79. The summed E-state index contributed by atoms with van der Waals surface area (Å²) in [5.41, 5.74) is 3.18. The van der Waals surface area contributed by atoms with Crippen LogP contribution in [0.3, 0.4) is 0 Å². The molecule has 6 nitrogen and oxygen atoms in total. The average molecular weight is 239 g/mol. The van der Waals surface area contributed by atoms with Gasteiger partial charge in [-0.05, 0) is 26.7 Å². The second-order valence-corrected chi connectivity index (χ2v) is 4.38. The molecule has 17 heavy (non-hydrogen) atoms. The molecule has 0 spiro atoms. The maximum Gasteiger partial charge on any atom is 0.239 e. The van der Waals surface area contributed by atoms with Gasteiger partial charge < -0.3 is 10.4 Å². The Morgan fingerprint density at radius 1 is 1.53 bits per heavy atom. The standard InChI is InChI=1S/C11H21N5O/c1-4-11(3,5-6-17)15-9-8(2)7-13-10(14-9)16-12/h7,17H,4-6,12H2,1-3H3,(H2,13,14,15,16). The Morgan fingerprint density at radius 3 is 2.76 bits per heavy atom. The van der Waals surface area contributed by atoms with Crippen LogP contribution in [0.4, 0.5) is 11.8 Å². The number of nitrogens with zero attached hydrogens (tertiary/aromatic N) is 2. The van der Waals surface area contributed by atoms with Crippen molar-refractivity contribution in [1.29, 1.82) is 0 Å². The average Bonchev–Trinajstić information content (AvgIpc) is 2.32. The van der Waals surface area contributed by atoms with E-state index >= 15 is 0 Å². The van der Waals surface area contributed by atoms with Crippen molar-refractivity contribution in [2.75, 3.05) is 17.3 Å². The third-order valence-corrected chi connectivity index (χ3v) is 2.96. The first-order valence-corrected chi connectivity index (χ1v) is 5.74. The lowest BCUT2D eigenvalue weighted by molar-refractivity contribution is 0.251. The Morgan fingerprint density at radius 2 is 2.24 bits per heavy atom. The number of hydrogen-bond donors (Lipinski definition) is 4. The summed E-state index contributed by atoms with van der Waals surface area (Å²) in [6.45, 7) is 6.20. The highest BCUT2D eigenvalue weighted by Gasteiger charge is 2.22. The maximum absolute atomic E-state index is 9.08. The van der Waals surface area contributed by atoms with Crippen molar-refractivity contribution >= 4 is 11.8 Å². The van der Waals surface area contributed by atoms with Crippen LogP contribution in [0.1, 0.15) is 32.3 Å². The fourth-order valence-corrected chi connectivity index (χ4v) is 1.50. The number of aliphatic hydroxyl groups excluding tert-OH is 1. The molecule has 0 amide bonds. The Kier molecular flexibility index (Phi) is 4.65. The van der Waals surface area contributed by atoms with E-state index in [9.17, 15) is 0 Å². The number of nitrogen functional groups attached to an aromatic ring is 1. The Bertz CT molecular complexity index is 371. The number of hydrogen-bond acceptors (Lipinski definition) is 6. The molecule has 96 valence electrons. The molecule has 0 saturated heterocycles. The van der Waals surface area contributed by atoms with E-state index in [1.807, 2.05) is 6.92 Å². The Hall–Kier alpha value is -1.40. The van der Waals surface area contributed by atoms with Crippen molar-refractivity contribution in [1.82, 2.24) is 9.97 Å². The molecular weight excluding hydrogens is 218 g/mol. The number of rotatable bonds is 6. The minimum absolute atomic E-state index is 0.142. The highest BCUT2D eigenvalue weighted by atomic mass is 16.3. The summed E-state index contributed by atoms with van der Waals surface area (Å²) in [5, 5.41) is 12.4. The minimum Gasteiger partial charge on any atom is -0.396 e. The third-order valence-electron chi connectivity index (χ3n) is 2.96. The molecule has 0 saturated carbocycles. The molecule has 0 aliphatic carbocycles. The van der Waals surface area contributed by atoms with Crippen LogP contribution in [0.15, 0.2) is 6.20 Å². The van der Waals surface area contributed by atoms with Crippen LogP contribution in [0.25, 0.3) is 0 Å². The lowest BCUT2D eigenvalue weighted by Crippen LogP contribution is -2.35. The molecule has 6 heteroatoms. The lowest BCUT2D eigenvalue weighted by atomic mass is 9.95. The Balaban J connectivity index is 2.92. The molecule has 0 radical (unpaired) electrons. The highest BCUT2D eigenvalue weighted by Crippen LogP contribution is 2.22. The topological polar surface area (TPSA) is 96.1 Å². The molecule has 1 unspecified atom stereocenters. The fraction of sp³-hybridized carbons (Fsp3) is 0.636. The predicted octanol–water partition coefficient (Wildman–Crippen LogP) is 1.03. The van der Waals surface area contributed by atoms with Gasteiger partial charge in [0.15, 0.2) is 0 Å². The fourth-order valence-electron chi connectivity index (χ4n) is 1.50. The first kappa shape index (κ1) is 13.7. The molecule has 0 bridgehead atoms. The van der Waals surface area contributed by atoms with E-state index in [-0.39, 0.29) is 12.1 Å². The van der Waals surface area contributed by atoms with Gasteiger partial charge in [0, 0.05) is 23.9 Å². The number of aliphatic hydroxyl groups is 1. The smallest absolute Gasteiger partial charge is 0.239 e. The quantitative estimate of drug-likeness (QED) is 0.437. The van der Waals surface area contributed by atoms with Crippen molar-refractivity contribution < 1.29 is 5.11 Å². The summed E-state index contributed by atoms with van der Waals surface area (Å²) in [5.74, 6) is 6.40. The van der Waals surface area contributed by atoms with Gasteiger partial charge in [-0.3, -0.25) is 5.43 Å². The number of aryl methyl sites for hydroxylation is 1. The van der Waals surface area contributed by atoms with Gasteiger partial charge in [-0.2, -0.15) is 4.98 Å². The lowest BCUT2D eigenvalue weighted by Gasteiger charge is -2.30. The van der Waals surface area contributed by atoms with Gasteiger partial charge >= 0.3 is 0 Å². The number of anilines is 2. The zero-order valence-corrected chi connectivity index (χ0v) is 10.6. The maximum atomic E-state index is 9.08. The van der Waals surface area contributed by atoms with E-state index < -0.39 is 0 Å². The number of hydrazine groups is 1. The van der Waals surface area contributed by atoms with Gasteiger partial charge in [-0.25, -0.2) is 10.8 Å². The third kappa shape index (κ3) is 3.54. The number of nitrogens with one attached hydrogen (secondary N) is 2. The van der Waals surface area contributed by atoms with Crippen molar-refractivity contribution in [2.24, 2.45) is 5.84 Å². The molecule has 1 rings (SSSR count). The molecule has 1 atom stereocenters. The van der Waals surface area contributed by atoms with Gasteiger partial charge in [0.2, 0.25) is 5.95 Å². The van der Waals surface area contributed by atoms with Crippen LogP contribution in [-0.4, -0.2) is 27.2 Å². The molecule has 0 aromatic carbocycles. The van der Waals surface area contributed by atoms with E-state index in [0.29, 0.717) is 12.4 Å². The summed E-state index contributed by atoms with van der Waals surface area (Å²) in [6.07, 6.45) is 3.26. The Labute approximate surface area is 102 Å². The highest BCUT2D eigenvalue weighted by molar-refractivity contribution is 5.47. The summed E-state index contributed by atoms with van der Waals surface area (Å²) >= 11 is 0. The van der Waals surface area contributed by atoms with Gasteiger partial charge in [0.1, 0.15) is 5.82 Å². The second-order valence-electron chi connectivity index (χ2n) is 4.38. The largest absolute Gasteiger partial charge is 0.396 e. The van der Waals surface area contributed by atoms with Crippen LogP contribution in [0.2, 0.25) is 0 Å². The van der Waals surface area contributed by atoms with E-state index in [1.54, 1.807) is 6.20 Å². The summed E-state index contributed by atoms with van der Waals surface area (Å²) in [7, 11) is 0. The molecule has 5 N–H and O–H groups in total. The van der Waals surface area contributed by atoms with Gasteiger partial charge in [0.25, 0.3) is 0 Å². The van der Waals surface area contributed by atoms with Crippen LogP contribution < -0.4 is 16.6 Å². The van der Waals surface area contributed by atoms with Crippen LogP contribution in [0.5, 0.6) is 0 Å². The summed E-state index contributed by atoms with van der Waals surface area (Å²) in [6, 6.07) is 0. The molecule has 0 aliphatic heterocycles. The van der Waals surface area contributed by atoms with Crippen molar-refractivity contribution in [3.05, 3.63) is 11.8 Å². The predicted molar refractivity (Wildman–Crippen MR) is 68.6 cm³/mol. The van der Waals surface area contributed by atoms with Gasteiger partial charge in [-0.1, -0.05) is 6.92 Å². The first-order chi connectivity index (χ1) is 8.04. The van der Waals surface area contributed by atoms with Crippen LogP contribution in [0, 0.1) is 6.92 Å². The summed E-state index contributed by atoms with van der Waals surface area (Å²) < 4.78 is 0. The van der Waals surface area contributed by atoms with E-state index in [0.717, 1.165) is 17.8 Å². The van der Waals surface area contributed by atoms with Crippen molar-refractivity contribution in [3.8, 4) is 0 Å². The van der Waals surface area contributed by atoms with Crippen LogP contribution >= 0.6 is 0 Å². The molecular formula is C11H21N5O. The molecule has 1 aromatic rings. The normalized spacial score (nSPS) is 14.2. The first-order valence-electron chi connectivity index (χ1n) is 5.74. The number of nitrogens with two attached hydrogens (primary N) is 1. The molecule has 1 aromatic heterocycles. The minimum atomic E-state index is -0.181. The SMILES string of the molecule is CCC(C)(CCO)Nc1nc(NN)ncc1C. The molecule has 1 heterocycles. The van der Waals surface area contributed by atoms with Crippen LogP contribution in [-0.2, 0) is 0 Å². The zero-order valence-electron chi connectivity index (χ0n) is 10.6. The summed E-state index contributed by atoms with van der Waals surface area (Å²) in [4.78, 5) is 8.29. The molecule has 0 aliphatic rings. The molecule has 0 fully saturated rings. The van der Waals surface area contributed by atoms with E-state index in [2.05, 4.69) is 34.6 Å². The van der Waals surface area contributed by atoms with E-state index in [4.69, 9.17) is 10.9 Å². The van der Waals surface area contributed by atoms with E-state index in [1.165, 1.54) is 0 Å². The van der Waals surface area contributed by atoms with Crippen molar-refractivity contribution in [2.45, 2.75) is 39.2 Å². The van der Waals surface area contributed by atoms with Gasteiger partial charge in [-0.15, -0.1) is 0 Å². The van der Waals surface area contributed by atoms with Crippen molar-refractivity contribution in [3.63, 3.8) is 0 Å².